The number of hydrogen-bond acceptors (Lipinski definition) is 4. The van der Waals surface area contributed by atoms with Crippen LogP contribution in [0.25, 0.3) is 43.6 Å². The molecule has 0 atom stereocenters. The average Bonchev–Trinajstić information content (AvgIpc) is 3.72. The highest BCUT2D eigenvalue weighted by Crippen LogP contribution is 2.47. The van der Waals surface area contributed by atoms with Crippen molar-refractivity contribution >= 4 is 78.2 Å². The molecule has 0 radical (unpaired) electrons. The normalized spacial score (nSPS) is 12.9. The molecule has 0 fully saturated rings. The van der Waals surface area contributed by atoms with Gasteiger partial charge in [0.15, 0.2) is 23.0 Å². The number of nitrogens with zero attached hydrogens (tertiary/aromatic N) is 4. The van der Waals surface area contributed by atoms with Gasteiger partial charge in [0.25, 0.3) is 0 Å². The Labute approximate surface area is 351 Å². The Morgan fingerprint density at radius 1 is 0.448 bits per heavy atom. The number of fused-ring (bicyclic) bond motifs is 10. The van der Waals surface area contributed by atoms with Gasteiger partial charge in [0.2, 0.25) is 0 Å². The maximum atomic E-state index is 7.21. The van der Waals surface area contributed by atoms with Crippen LogP contribution in [0.1, 0.15) is 117 Å². The molecule has 5 aromatic carbocycles. The SMILES string of the molecule is CCCCCCCCCCn1c2ccccc2c2cc3c(cc21)Oc1c(Cl)c2c(c(Cl)c1=N3)Oc1cc3c(cc1N=2)c1ccccc1n3CCCCCCCCCC. The van der Waals surface area contributed by atoms with E-state index >= 15 is 0 Å². The number of benzene rings is 5. The highest BCUT2D eigenvalue weighted by atomic mass is 35.5. The summed E-state index contributed by atoms with van der Waals surface area (Å²) < 4.78 is 18.2. The summed E-state index contributed by atoms with van der Waals surface area (Å²) in [5.74, 6) is 2.12. The first kappa shape index (κ1) is 39.0. The fourth-order valence-corrected chi connectivity index (χ4v) is 9.74. The summed E-state index contributed by atoms with van der Waals surface area (Å²) in [7, 11) is 0. The third kappa shape index (κ3) is 7.36. The Kier molecular flexibility index (Phi) is 11.7. The van der Waals surface area contributed by atoms with Gasteiger partial charge >= 0.3 is 0 Å². The highest BCUT2D eigenvalue weighted by Gasteiger charge is 2.29. The van der Waals surface area contributed by atoms with Crippen LogP contribution in [0, 0.1) is 0 Å². The molecule has 2 aliphatic heterocycles. The van der Waals surface area contributed by atoms with Gasteiger partial charge in [-0.3, -0.25) is 0 Å². The monoisotopic (exact) mass is 812 g/mol. The molecular weight excluding hydrogens is 759 g/mol. The number of unbranched alkanes of at least 4 members (excludes halogenated alkanes) is 14. The van der Waals surface area contributed by atoms with E-state index in [0.717, 1.165) is 47.7 Å². The maximum absolute atomic E-state index is 7.21. The third-order valence-corrected chi connectivity index (χ3v) is 13.0. The van der Waals surface area contributed by atoms with Gasteiger partial charge in [-0.05, 0) is 37.1 Å². The second kappa shape index (κ2) is 17.4. The lowest BCUT2D eigenvalue weighted by Gasteiger charge is -2.21. The predicted molar refractivity (Wildman–Crippen MR) is 242 cm³/mol. The molecule has 0 unspecified atom stereocenters. The van der Waals surface area contributed by atoms with E-state index in [1.165, 1.54) is 112 Å². The van der Waals surface area contributed by atoms with E-state index in [-0.39, 0.29) is 0 Å². The standard InChI is InChI=1S/C50H54Cl2N4O2/c1-3-5-7-9-11-13-15-21-27-55-39-25-19-17-23-33(39)35-29-37-43(31-41(35)55)57-49-45(51)48-50(46(52)47(49)53-37)58-44-32-42-36(30-38(44)54-48)34-24-18-20-26-40(34)56(42)28-22-16-14-12-10-8-6-4-2/h17-20,23-26,29-32H,3-16,21-22,27-28H2,1-2H3. The second-order valence-corrected chi connectivity index (χ2v) is 17.1. The largest absolute Gasteiger partial charge is 0.451 e. The number of aromatic nitrogens is 2. The third-order valence-electron chi connectivity index (χ3n) is 12.3. The molecular formula is C50H54Cl2N4O2. The van der Waals surface area contributed by atoms with Crippen LogP contribution in [0.2, 0.25) is 10.0 Å². The van der Waals surface area contributed by atoms with Gasteiger partial charge in [-0.15, -0.1) is 0 Å². The number of rotatable bonds is 18. The lowest BCUT2D eigenvalue weighted by molar-refractivity contribution is 0.451. The van der Waals surface area contributed by atoms with E-state index in [1.807, 2.05) is 0 Å². The number of ether oxygens (including phenoxy) is 2. The molecule has 7 aromatic rings. The minimum absolute atomic E-state index is 0.339. The van der Waals surface area contributed by atoms with Crippen LogP contribution in [0.4, 0.5) is 11.4 Å². The van der Waals surface area contributed by atoms with Crippen molar-refractivity contribution in [2.24, 2.45) is 9.98 Å². The minimum atomic E-state index is 0.339. The van der Waals surface area contributed by atoms with Crippen LogP contribution in [0.3, 0.4) is 0 Å². The molecule has 0 bridgehead atoms. The molecule has 4 heterocycles. The van der Waals surface area contributed by atoms with Crippen LogP contribution in [-0.2, 0) is 13.1 Å². The van der Waals surface area contributed by atoms with Crippen molar-refractivity contribution in [2.45, 2.75) is 130 Å². The van der Waals surface area contributed by atoms with Crippen LogP contribution in [0.15, 0.2) is 82.8 Å². The van der Waals surface area contributed by atoms with Gasteiger partial charge < -0.3 is 18.6 Å². The predicted octanol–water partition coefficient (Wildman–Crippen LogP) is 15.6. The van der Waals surface area contributed by atoms with E-state index < -0.39 is 0 Å². The Morgan fingerprint density at radius 2 is 0.828 bits per heavy atom. The Balaban J connectivity index is 1.03. The van der Waals surface area contributed by atoms with Crippen LogP contribution in [0.5, 0.6) is 23.0 Å². The molecule has 2 aliphatic rings. The molecule has 0 amide bonds. The Bertz CT molecular complexity index is 2580. The van der Waals surface area contributed by atoms with Crippen molar-refractivity contribution < 1.29 is 9.47 Å². The molecule has 0 saturated carbocycles. The zero-order chi connectivity index (χ0) is 39.6. The summed E-state index contributed by atoms with van der Waals surface area (Å²) >= 11 is 14.4. The number of aryl methyl sites for hydroxylation is 2. The molecule has 0 aliphatic carbocycles. The van der Waals surface area contributed by atoms with Crippen molar-refractivity contribution in [3.8, 4) is 23.0 Å². The van der Waals surface area contributed by atoms with Gasteiger partial charge in [-0.25, -0.2) is 9.98 Å². The topological polar surface area (TPSA) is 53.0 Å². The summed E-state index contributed by atoms with van der Waals surface area (Å²) in [5.41, 5.74) is 6.15. The average molecular weight is 814 g/mol. The van der Waals surface area contributed by atoms with E-state index in [0.29, 0.717) is 55.1 Å². The van der Waals surface area contributed by atoms with Crippen molar-refractivity contribution in [3.63, 3.8) is 0 Å². The molecule has 300 valence electrons. The van der Waals surface area contributed by atoms with Gasteiger partial charge in [-0.1, -0.05) is 163 Å². The molecule has 0 N–H and O–H groups in total. The number of hydrogen-bond donors (Lipinski definition) is 0. The van der Waals surface area contributed by atoms with Gasteiger partial charge in [0.1, 0.15) is 32.1 Å². The Morgan fingerprint density at radius 3 is 1.24 bits per heavy atom. The quantitative estimate of drug-likeness (QED) is 0.0810. The van der Waals surface area contributed by atoms with Crippen LogP contribution >= 0.6 is 23.2 Å². The van der Waals surface area contributed by atoms with Gasteiger partial charge in [-0.2, -0.15) is 0 Å². The molecule has 2 aromatic heterocycles. The number of para-hydroxylation sites is 2. The smallest absolute Gasteiger partial charge is 0.175 e. The lowest BCUT2D eigenvalue weighted by atomic mass is 10.1. The van der Waals surface area contributed by atoms with E-state index in [4.69, 9.17) is 42.7 Å². The first-order valence-corrected chi connectivity index (χ1v) is 22.8. The lowest BCUT2D eigenvalue weighted by Crippen LogP contribution is -2.22. The molecule has 58 heavy (non-hydrogen) atoms. The minimum Gasteiger partial charge on any atom is -0.451 e. The molecule has 0 spiro atoms. The zero-order valence-electron chi connectivity index (χ0n) is 34.0. The molecule has 8 heteroatoms. The van der Waals surface area contributed by atoms with Crippen molar-refractivity contribution in [3.05, 3.63) is 93.6 Å². The molecule has 0 saturated heterocycles. The summed E-state index contributed by atoms with van der Waals surface area (Å²) in [4.78, 5) is 10.2. The summed E-state index contributed by atoms with van der Waals surface area (Å²) in [6, 6.07) is 25.8. The summed E-state index contributed by atoms with van der Waals surface area (Å²) in [6.07, 6.45) is 20.6. The maximum Gasteiger partial charge on any atom is 0.175 e. The van der Waals surface area contributed by atoms with Gasteiger partial charge in [0, 0.05) is 57.8 Å². The summed E-state index contributed by atoms with van der Waals surface area (Å²) in [6.45, 7) is 6.45. The van der Waals surface area contributed by atoms with E-state index in [9.17, 15) is 0 Å². The zero-order valence-corrected chi connectivity index (χ0v) is 35.5. The molecule has 9 rings (SSSR count). The highest BCUT2D eigenvalue weighted by molar-refractivity contribution is 6.35. The van der Waals surface area contributed by atoms with E-state index in [1.54, 1.807) is 0 Å². The van der Waals surface area contributed by atoms with E-state index in [2.05, 4.69) is 95.8 Å². The van der Waals surface area contributed by atoms with Crippen molar-refractivity contribution in [1.82, 2.24) is 9.13 Å². The molecule has 6 nitrogen and oxygen atoms in total. The van der Waals surface area contributed by atoms with Crippen LogP contribution < -0.4 is 20.2 Å². The number of halogens is 2. The summed E-state index contributed by atoms with van der Waals surface area (Å²) in [5, 5.41) is 6.32. The Hall–Kier alpha value is -4.52. The fourth-order valence-electron chi connectivity index (χ4n) is 9.22. The fraction of sp³-hybridized carbons (Fsp3) is 0.400. The first-order valence-electron chi connectivity index (χ1n) is 22.0. The van der Waals surface area contributed by atoms with Crippen molar-refractivity contribution in [1.29, 1.82) is 0 Å². The first-order chi connectivity index (χ1) is 28.6. The second-order valence-electron chi connectivity index (χ2n) is 16.4. The van der Waals surface area contributed by atoms with Crippen molar-refractivity contribution in [2.75, 3.05) is 0 Å². The van der Waals surface area contributed by atoms with Gasteiger partial charge in [0.05, 0.1) is 11.0 Å². The van der Waals surface area contributed by atoms with Crippen LogP contribution in [-0.4, -0.2) is 9.13 Å².